The van der Waals surface area contributed by atoms with Crippen molar-refractivity contribution in [2.75, 3.05) is 6.61 Å². The molecule has 3 rings (SSSR count). The Morgan fingerprint density at radius 1 is 1.38 bits per heavy atom. The van der Waals surface area contributed by atoms with Crippen LogP contribution in [-0.4, -0.2) is 11.6 Å². The van der Waals surface area contributed by atoms with Crippen LogP contribution in [0.4, 0.5) is 4.39 Å². The van der Waals surface area contributed by atoms with Gasteiger partial charge in [-0.25, -0.2) is 4.39 Å². The molecule has 0 aliphatic carbocycles. The number of halogens is 1. The van der Waals surface area contributed by atoms with Gasteiger partial charge >= 0.3 is 0 Å². The zero-order valence-corrected chi connectivity index (χ0v) is 11.6. The number of hydrazine groups is 1. The van der Waals surface area contributed by atoms with Gasteiger partial charge in [-0.2, -0.15) is 0 Å². The second-order valence-electron chi connectivity index (χ2n) is 5.16. The van der Waals surface area contributed by atoms with Crippen LogP contribution in [-0.2, 0) is 11.2 Å². The van der Waals surface area contributed by atoms with Gasteiger partial charge in [0.25, 0.3) is 0 Å². The van der Waals surface area contributed by atoms with Crippen LogP contribution < -0.4 is 11.3 Å². The van der Waals surface area contributed by atoms with Gasteiger partial charge in [-0.3, -0.25) is 16.3 Å². The minimum atomic E-state index is -0.357. The maximum atomic E-state index is 13.9. The number of nitrogens with zero attached hydrogens (tertiary/aromatic N) is 1. The predicted molar refractivity (Wildman–Crippen MR) is 77.7 cm³/mol. The molecule has 2 unspecified atom stereocenters. The molecule has 2 aromatic rings. The fraction of sp³-hybridized carbons (Fsp3) is 0.312. The van der Waals surface area contributed by atoms with Gasteiger partial charge in [-0.15, -0.1) is 0 Å². The van der Waals surface area contributed by atoms with Crippen molar-refractivity contribution in [3.05, 3.63) is 65.2 Å². The molecule has 0 fully saturated rings. The van der Waals surface area contributed by atoms with Gasteiger partial charge in [0.2, 0.25) is 0 Å². The van der Waals surface area contributed by atoms with E-state index in [9.17, 15) is 4.39 Å². The molecular weight excluding hydrogens is 269 g/mol. The van der Waals surface area contributed by atoms with Gasteiger partial charge in [-0.05, 0) is 30.0 Å². The number of hydrogen-bond donors (Lipinski definition) is 2. The number of pyridine rings is 1. The molecule has 0 amide bonds. The SMILES string of the molecule is NNC(CC1OCCc2ccccc21)c1ccncc1F. The third-order valence-corrected chi connectivity index (χ3v) is 3.92. The summed E-state index contributed by atoms with van der Waals surface area (Å²) in [6.07, 6.45) is 4.18. The van der Waals surface area contributed by atoms with Crippen LogP contribution >= 0.6 is 0 Å². The molecule has 3 N–H and O–H groups in total. The van der Waals surface area contributed by atoms with Crippen molar-refractivity contribution >= 4 is 0 Å². The molecule has 2 atom stereocenters. The van der Waals surface area contributed by atoms with Crippen molar-refractivity contribution < 1.29 is 9.13 Å². The number of hydrogen-bond acceptors (Lipinski definition) is 4. The quantitative estimate of drug-likeness (QED) is 0.670. The first-order valence-corrected chi connectivity index (χ1v) is 7.04. The normalized spacial score (nSPS) is 19.0. The van der Waals surface area contributed by atoms with Crippen LogP contribution in [0.1, 0.15) is 35.3 Å². The Morgan fingerprint density at radius 2 is 2.24 bits per heavy atom. The molecule has 0 bridgehead atoms. The molecule has 4 nitrogen and oxygen atoms in total. The van der Waals surface area contributed by atoms with Gasteiger partial charge in [0.05, 0.1) is 24.9 Å². The maximum Gasteiger partial charge on any atom is 0.146 e. The molecule has 0 saturated carbocycles. The summed E-state index contributed by atoms with van der Waals surface area (Å²) in [5.74, 6) is 5.26. The second-order valence-corrected chi connectivity index (χ2v) is 5.16. The number of rotatable bonds is 4. The highest BCUT2D eigenvalue weighted by atomic mass is 19.1. The molecule has 0 spiro atoms. The minimum absolute atomic E-state index is 0.0800. The fourth-order valence-corrected chi connectivity index (χ4v) is 2.84. The second kappa shape index (κ2) is 6.30. The summed E-state index contributed by atoms with van der Waals surface area (Å²) in [7, 11) is 0. The van der Waals surface area contributed by atoms with Crippen LogP contribution in [0.2, 0.25) is 0 Å². The third-order valence-electron chi connectivity index (χ3n) is 3.92. The highest BCUT2D eigenvalue weighted by Crippen LogP contribution is 2.34. The molecule has 1 aliphatic rings. The van der Waals surface area contributed by atoms with E-state index in [1.807, 2.05) is 12.1 Å². The number of ether oxygens (including phenoxy) is 1. The van der Waals surface area contributed by atoms with Crippen molar-refractivity contribution in [3.8, 4) is 0 Å². The number of fused-ring (bicyclic) bond motifs is 1. The van der Waals surface area contributed by atoms with Crippen molar-refractivity contribution in [1.82, 2.24) is 10.4 Å². The summed E-state index contributed by atoms with van der Waals surface area (Å²) >= 11 is 0. The topological polar surface area (TPSA) is 60.2 Å². The van der Waals surface area contributed by atoms with E-state index in [1.165, 1.54) is 17.3 Å². The summed E-state index contributed by atoms with van der Waals surface area (Å²) in [6, 6.07) is 9.54. The zero-order valence-electron chi connectivity index (χ0n) is 11.6. The molecule has 0 saturated heterocycles. The van der Waals surface area contributed by atoms with Crippen molar-refractivity contribution in [1.29, 1.82) is 0 Å². The lowest BCUT2D eigenvalue weighted by molar-refractivity contribution is 0.0290. The molecule has 1 aliphatic heterocycles. The lowest BCUT2D eigenvalue weighted by atomic mass is 9.91. The number of nitrogens with one attached hydrogen (secondary N) is 1. The maximum absolute atomic E-state index is 13.9. The van der Waals surface area contributed by atoms with Gasteiger partial charge in [0.15, 0.2) is 0 Å². The van der Waals surface area contributed by atoms with Gasteiger partial charge in [0.1, 0.15) is 5.82 Å². The molecule has 110 valence electrons. The van der Waals surface area contributed by atoms with E-state index in [2.05, 4.69) is 22.5 Å². The first-order valence-electron chi connectivity index (χ1n) is 7.04. The van der Waals surface area contributed by atoms with Crippen LogP contribution in [0.5, 0.6) is 0 Å². The van der Waals surface area contributed by atoms with E-state index >= 15 is 0 Å². The highest BCUT2D eigenvalue weighted by Gasteiger charge is 2.25. The molecule has 1 aromatic heterocycles. The molecule has 5 heteroatoms. The lowest BCUT2D eigenvalue weighted by Gasteiger charge is -2.29. The monoisotopic (exact) mass is 287 g/mol. The molecule has 1 aromatic carbocycles. The van der Waals surface area contributed by atoms with Crippen molar-refractivity contribution in [2.45, 2.75) is 25.0 Å². The molecular formula is C16H18FN3O. The molecule has 2 heterocycles. The Kier molecular flexibility index (Phi) is 4.24. The van der Waals surface area contributed by atoms with E-state index in [1.54, 1.807) is 12.3 Å². The van der Waals surface area contributed by atoms with Crippen LogP contribution in [0.15, 0.2) is 42.7 Å². The first kappa shape index (κ1) is 14.1. The van der Waals surface area contributed by atoms with E-state index in [0.29, 0.717) is 18.6 Å². The van der Waals surface area contributed by atoms with Crippen molar-refractivity contribution in [3.63, 3.8) is 0 Å². The third kappa shape index (κ3) is 2.95. The molecule has 0 radical (unpaired) electrons. The van der Waals surface area contributed by atoms with Crippen LogP contribution in [0, 0.1) is 5.82 Å². The van der Waals surface area contributed by atoms with E-state index < -0.39 is 0 Å². The molecule has 21 heavy (non-hydrogen) atoms. The number of nitrogens with two attached hydrogens (primary N) is 1. The summed E-state index contributed by atoms with van der Waals surface area (Å²) in [4.78, 5) is 3.77. The zero-order chi connectivity index (χ0) is 14.7. The summed E-state index contributed by atoms with van der Waals surface area (Å²) < 4.78 is 19.7. The fourth-order valence-electron chi connectivity index (χ4n) is 2.84. The largest absolute Gasteiger partial charge is 0.373 e. The highest BCUT2D eigenvalue weighted by molar-refractivity contribution is 5.31. The Morgan fingerprint density at radius 3 is 3.05 bits per heavy atom. The van der Waals surface area contributed by atoms with E-state index in [0.717, 1.165) is 6.42 Å². The standard InChI is InChI=1S/C16H18FN3O/c17-14-10-19-7-5-13(14)15(20-18)9-16-12-4-2-1-3-11(12)6-8-21-16/h1-5,7,10,15-16,20H,6,8-9,18H2. The van der Waals surface area contributed by atoms with Crippen molar-refractivity contribution in [2.24, 2.45) is 5.84 Å². The average molecular weight is 287 g/mol. The average Bonchev–Trinajstić information content (AvgIpc) is 2.53. The van der Waals surface area contributed by atoms with Gasteiger partial charge in [-0.1, -0.05) is 24.3 Å². The van der Waals surface area contributed by atoms with Crippen LogP contribution in [0.25, 0.3) is 0 Å². The summed E-state index contributed by atoms with van der Waals surface area (Å²) in [6.45, 7) is 0.678. The first-order chi connectivity index (χ1) is 10.3. The predicted octanol–water partition coefficient (Wildman–Crippen LogP) is 2.43. The summed E-state index contributed by atoms with van der Waals surface area (Å²) in [5.41, 5.74) is 5.66. The number of benzene rings is 1. The minimum Gasteiger partial charge on any atom is -0.373 e. The van der Waals surface area contributed by atoms with E-state index in [-0.39, 0.29) is 18.0 Å². The number of aromatic nitrogens is 1. The van der Waals surface area contributed by atoms with Gasteiger partial charge in [0, 0.05) is 11.8 Å². The Hall–Kier alpha value is -1.82. The van der Waals surface area contributed by atoms with Crippen LogP contribution in [0.3, 0.4) is 0 Å². The smallest absolute Gasteiger partial charge is 0.146 e. The van der Waals surface area contributed by atoms with E-state index in [4.69, 9.17) is 10.6 Å². The Balaban J connectivity index is 1.84. The summed E-state index contributed by atoms with van der Waals surface area (Å²) in [5, 5.41) is 0. The Bertz CT molecular complexity index is 620. The van der Waals surface area contributed by atoms with Gasteiger partial charge < -0.3 is 4.74 Å². The lowest BCUT2D eigenvalue weighted by Crippen LogP contribution is -2.31. The Labute approximate surface area is 123 Å².